The van der Waals surface area contributed by atoms with Gasteiger partial charge in [-0.05, 0) is 80.6 Å². The molecule has 2 aromatic heterocycles. The van der Waals surface area contributed by atoms with E-state index in [0.29, 0.717) is 25.1 Å². The van der Waals surface area contributed by atoms with Crippen LogP contribution in [0.1, 0.15) is 47.9 Å². The van der Waals surface area contributed by atoms with E-state index in [0.717, 1.165) is 48.7 Å². The average Bonchev–Trinajstić information content (AvgIpc) is 3.46. The number of aliphatic hydroxyl groups excluding tert-OH is 2. The third-order valence-corrected chi connectivity index (χ3v) is 7.84. The number of ether oxygens (including phenoxy) is 1. The summed E-state index contributed by atoms with van der Waals surface area (Å²) >= 11 is 1.87. The maximum absolute atomic E-state index is 10.7. The number of aryl methyl sites for hydroxylation is 1. The van der Waals surface area contributed by atoms with Crippen LogP contribution in [0.25, 0.3) is 17.0 Å². The summed E-state index contributed by atoms with van der Waals surface area (Å²) in [7, 11) is 0. The number of aromatic nitrogens is 1. The lowest BCUT2D eigenvalue weighted by atomic mass is 9.89. The molecule has 4 rings (SSSR count). The summed E-state index contributed by atoms with van der Waals surface area (Å²) in [5.41, 5.74) is 2.42. The van der Waals surface area contributed by atoms with Crippen LogP contribution in [0.15, 0.2) is 54.9 Å². The van der Waals surface area contributed by atoms with Crippen LogP contribution in [-0.2, 0) is 6.42 Å². The largest absolute Gasteiger partial charge is 0.516 e. The van der Waals surface area contributed by atoms with Gasteiger partial charge in [0.1, 0.15) is 18.5 Å². The number of hydrogen-bond donors (Lipinski definition) is 3. The molecule has 1 fully saturated rings. The highest BCUT2D eigenvalue weighted by Gasteiger charge is 2.29. The van der Waals surface area contributed by atoms with Crippen LogP contribution in [0.3, 0.4) is 0 Å². The number of thiophene rings is 1. The van der Waals surface area contributed by atoms with Gasteiger partial charge >= 0.3 is 0 Å². The van der Waals surface area contributed by atoms with E-state index in [9.17, 15) is 5.11 Å². The minimum absolute atomic E-state index is 0.291. The number of aromatic amines is 1. The molecule has 6 heteroatoms. The van der Waals surface area contributed by atoms with E-state index in [1.165, 1.54) is 15.3 Å². The molecule has 0 amide bonds. The van der Waals surface area contributed by atoms with Crippen LogP contribution in [0.4, 0.5) is 0 Å². The molecule has 1 aromatic carbocycles. The summed E-state index contributed by atoms with van der Waals surface area (Å²) in [5.74, 6) is 1.37. The van der Waals surface area contributed by atoms with Gasteiger partial charge in [-0.15, -0.1) is 11.3 Å². The molecule has 1 aliphatic rings. The molecule has 3 atom stereocenters. The molecule has 3 heterocycles. The van der Waals surface area contributed by atoms with Gasteiger partial charge in [-0.3, -0.25) is 4.90 Å². The summed E-state index contributed by atoms with van der Waals surface area (Å²) in [6.07, 6.45) is 11.3. The molecule has 1 aliphatic heterocycles. The van der Waals surface area contributed by atoms with E-state index >= 15 is 0 Å². The number of benzene rings is 1. The Morgan fingerprint density at radius 3 is 2.97 bits per heavy atom. The van der Waals surface area contributed by atoms with Crippen molar-refractivity contribution in [3.63, 3.8) is 0 Å². The lowest BCUT2D eigenvalue weighted by molar-refractivity contribution is 0.0408. The van der Waals surface area contributed by atoms with Gasteiger partial charge in [-0.25, -0.2) is 0 Å². The van der Waals surface area contributed by atoms with Crippen LogP contribution >= 0.6 is 11.3 Å². The van der Waals surface area contributed by atoms with Crippen molar-refractivity contribution in [2.24, 2.45) is 0 Å². The lowest BCUT2D eigenvalue weighted by Gasteiger charge is -2.38. The standard InChI is InChI=1S/C27H34N2O3S/c1-3-20-16-27(33-26(20)9-4-5-14-30)21-11-13-29(19(2)15-21)17-22(31)18-32-25-8-6-7-24-23(25)10-12-28-24/h4-10,12,14,16,19,21-22,28,30-31H,3,11,13,15,17-18H2,1-2H3/b9-4-,14-5+. The van der Waals surface area contributed by atoms with Crippen LogP contribution in [0.5, 0.6) is 5.75 Å². The fourth-order valence-electron chi connectivity index (χ4n) is 4.72. The predicted molar refractivity (Wildman–Crippen MR) is 137 cm³/mol. The minimum atomic E-state index is -0.525. The molecule has 3 N–H and O–H groups in total. The number of nitrogens with one attached hydrogen (secondary N) is 1. The monoisotopic (exact) mass is 466 g/mol. The number of fused-ring (bicyclic) bond motifs is 1. The molecule has 3 aromatic rings. The number of piperidine rings is 1. The van der Waals surface area contributed by atoms with E-state index in [2.05, 4.69) is 35.9 Å². The normalized spacial score (nSPS) is 20.8. The molecule has 3 unspecified atom stereocenters. The van der Waals surface area contributed by atoms with Crippen LogP contribution < -0.4 is 4.74 Å². The zero-order valence-corrected chi connectivity index (χ0v) is 20.2. The average molecular weight is 467 g/mol. The molecule has 33 heavy (non-hydrogen) atoms. The smallest absolute Gasteiger partial charge is 0.128 e. The number of β-amino-alcohol motifs (C(OH)–C–C–N with tert-alkyl or cyclic N) is 1. The van der Waals surface area contributed by atoms with E-state index in [1.807, 2.05) is 47.9 Å². The van der Waals surface area contributed by atoms with Gasteiger partial charge in [0.25, 0.3) is 0 Å². The summed E-state index contributed by atoms with van der Waals surface area (Å²) in [6, 6.07) is 10.7. The second-order valence-corrected chi connectivity index (χ2v) is 9.93. The first-order valence-electron chi connectivity index (χ1n) is 11.8. The van der Waals surface area contributed by atoms with Gasteiger partial charge in [0.2, 0.25) is 0 Å². The van der Waals surface area contributed by atoms with Crippen molar-refractivity contribution in [2.45, 2.75) is 51.2 Å². The zero-order valence-electron chi connectivity index (χ0n) is 19.4. The fourth-order valence-corrected chi connectivity index (χ4v) is 6.04. The summed E-state index contributed by atoms with van der Waals surface area (Å²) in [5, 5.41) is 20.6. The highest BCUT2D eigenvalue weighted by Crippen LogP contribution is 2.38. The third-order valence-electron chi connectivity index (χ3n) is 6.53. The lowest BCUT2D eigenvalue weighted by Crippen LogP contribution is -2.45. The Bertz CT molecular complexity index is 1100. The topological polar surface area (TPSA) is 68.7 Å². The van der Waals surface area contributed by atoms with Crippen molar-refractivity contribution in [3.05, 3.63) is 70.3 Å². The molecule has 0 radical (unpaired) electrons. The zero-order chi connectivity index (χ0) is 23.2. The van der Waals surface area contributed by atoms with Crippen LogP contribution in [-0.4, -0.2) is 51.9 Å². The summed E-state index contributed by atoms with van der Waals surface area (Å²) < 4.78 is 5.95. The highest BCUT2D eigenvalue weighted by molar-refractivity contribution is 7.13. The summed E-state index contributed by atoms with van der Waals surface area (Å²) in [4.78, 5) is 8.32. The molecule has 0 saturated carbocycles. The Labute approximate surface area is 200 Å². The third kappa shape index (κ3) is 5.69. The molecule has 176 valence electrons. The van der Waals surface area contributed by atoms with Gasteiger partial charge in [-0.2, -0.15) is 0 Å². The Morgan fingerprint density at radius 1 is 1.30 bits per heavy atom. The number of likely N-dealkylation sites (tertiary alicyclic amines) is 1. The first-order chi connectivity index (χ1) is 16.1. The predicted octanol–water partition coefficient (Wildman–Crippen LogP) is 5.88. The van der Waals surface area contributed by atoms with Crippen molar-refractivity contribution in [3.8, 4) is 5.75 Å². The van der Waals surface area contributed by atoms with Gasteiger partial charge in [-0.1, -0.05) is 19.1 Å². The van der Waals surface area contributed by atoms with Gasteiger partial charge in [0.05, 0.1) is 6.26 Å². The van der Waals surface area contributed by atoms with Crippen molar-refractivity contribution < 1.29 is 14.9 Å². The second kappa shape index (κ2) is 11.1. The van der Waals surface area contributed by atoms with Gasteiger partial charge < -0.3 is 19.9 Å². The minimum Gasteiger partial charge on any atom is -0.516 e. The number of nitrogens with zero attached hydrogens (tertiary/aromatic N) is 1. The Hall–Kier alpha value is -2.54. The first kappa shape index (κ1) is 23.6. The molecule has 0 aliphatic carbocycles. The maximum atomic E-state index is 10.7. The van der Waals surface area contributed by atoms with E-state index in [4.69, 9.17) is 9.84 Å². The molecule has 5 nitrogen and oxygen atoms in total. The Balaban J connectivity index is 1.31. The first-order valence-corrected chi connectivity index (χ1v) is 12.6. The Kier molecular flexibility index (Phi) is 7.91. The van der Waals surface area contributed by atoms with Crippen LogP contribution in [0.2, 0.25) is 0 Å². The second-order valence-electron chi connectivity index (χ2n) is 8.82. The number of allylic oxidation sites excluding steroid dienone is 2. The molecule has 1 saturated heterocycles. The number of aliphatic hydroxyl groups is 2. The molecular weight excluding hydrogens is 432 g/mol. The SMILES string of the molecule is CCc1cc(C2CCN(CC(O)COc3cccc4[nH]ccc34)C(C)C2)sc1/C=C\C=C\O. The van der Waals surface area contributed by atoms with Crippen LogP contribution in [0, 0.1) is 0 Å². The van der Waals surface area contributed by atoms with Crippen molar-refractivity contribution in [1.82, 2.24) is 9.88 Å². The number of hydrogen-bond acceptors (Lipinski definition) is 5. The number of rotatable bonds is 9. The maximum Gasteiger partial charge on any atom is 0.128 e. The Morgan fingerprint density at radius 2 is 2.18 bits per heavy atom. The highest BCUT2D eigenvalue weighted by atomic mass is 32.1. The quantitative estimate of drug-likeness (QED) is 0.272. The molecular formula is C27H34N2O3S. The van der Waals surface area contributed by atoms with Gasteiger partial charge in [0, 0.05) is 39.4 Å². The summed E-state index contributed by atoms with van der Waals surface area (Å²) in [6.45, 7) is 6.36. The number of H-pyrrole nitrogens is 1. The fraction of sp³-hybridized carbons (Fsp3) is 0.407. The molecule has 0 spiro atoms. The van der Waals surface area contributed by atoms with Crippen molar-refractivity contribution in [1.29, 1.82) is 0 Å². The molecule has 0 bridgehead atoms. The van der Waals surface area contributed by atoms with Gasteiger partial charge in [0.15, 0.2) is 0 Å². The van der Waals surface area contributed by atoms with E-state index in [-0.39, 0.29) is 0 Å². The van der Waals surface area contributed by atoms with E-state index < -0.39 is 6.10 Å². The van der Waals surface area contributed by atoms with E-state index in [1.54, 1.807) is 6.08 Å². The van der Waals surface area contributed by atoms with Crippen molar-refractivity contribution >= 4 is 28.3 Å². The van der Waals surface area contributed by atoms with Crippen molar-refractivity contribution in [2.75, 3.05) is 19.7 Å².